The molecule has 0 saturated carbocycles. The number of nitriles is 1. The molecule has 1 aromatic carbocycles. The lowest BCUT2D eigenvalue weighted by molar-refractivity contribution is -0.149. The number of aliphatic hydroxyl groups is 1. The lowest BCUT2D eigenvalue weighted by Crippen LogP contribution is -2.53. The number of carbonyl (C=O) groups is 2. The molecular weight excluding hydrogens is 502 g/mol. The van der Waals surface area contributed by atoms with E-state index in [0.717, 1.165) is 27.7 Å². The maximum atomic E-state index is 13.5. The number of alkyl halides is 2. The van der Waals surface area contributed by atoms with Crippen molar-refractivity contribution >= 4 is 22.7 Å². The molecule has 0 unspecified atom stereocenters. The van der Waals surface area contributed by atoms with Gasteiger partial charge in [-0.2, -0.15) is 5.26 Å². The highest BCUT2D eigenvalue weighted by molar-refractivity contribution is 5.98. The molecule has 0 bridgehead atoms. The summed E-state index contributed by atoms with van der Waals surface area (Å²) in [6, 6.07) is 8.72. The molecule has 1 saturated heterocycles. The van der Waals surface area contributed by atoms with Crippen LogP contribution < -0.4 is 0 Å². The number of aromatic nitrogens is 2. The zero-order valence-corrected chi connectivity index (χ0v) is 23.0. The average molecular weight is 537 g/mol. The summed E-state index contributed by atoms with van der Waals surface area (Å²) in [5, 5.41) is 19.9. The molecule has 1 aliphatic heterocycles. The van der Waals surface area contributed by atoms with Gasteiger partial charge in [0.1, 0.15) is 11.8 Å². The summed E-state index contributed by atoms with van der Waals surface area (Å²) in [5.41, 5.74) is 3.96. The molecular formula is C30H34F2N4O3. The van der Waals surface area contributed by atoms with Crippen LogP contribution in [-0.2, 0) is 18.3 Å². The highest BCUT2D eigenvalue weighted by Gasteiger charge is 2.42. The first-order valence-electron chi connectivity index (χ1n) is 13.1. The minimum Gasteiger partial charge on any atom is -0.386 e. The fourth-order valence-electron chi connectivity index (χ4n) is 5.69. The lowest BCUT2D eigenvalue weighted by atomic mass is 9.78. The molecule has 7 nitrogen and oxygen atoms in total. The first kappa shape index (κ1) is 28.4. The second-order valence-corrected chi connectivity index (χ2v) is 11.3. The van der Waals surface area contributed by atoms with Crippen molar-refractivity contribution in [1.29, 1.82) is 5.26 Å². The van der Waals surface area contributed by atoms with Crippen molar-refractivity contribution in [2.45, 2.75) is 76.9 Å². The first-order valence-corrected chi connectivity index (χ1v) is 13.1. The Morgan fingerprint density at radius 3 is 2.69 bits per heavy atom. The smallest absolute Gasteiger partial charge is 0.271 e. The largest absolute Gasteiger partial charge is 0.386 e. The normalized spacial score (nSPS) is 18.1. The molecule has 39 heavy (non-hydrogen) atoms. The number of likely N-dealkylation sites (tertiary alicyclic amines) is 1. The predicted octanol–water partition coefficient (Wildman–Crippen LogP) is 5.07. The standard InChI is InChI=1S/C30H34F2N4O3/c1-18-22(12-24(37)20-8-6-7-19(11-20)15-33)16-34-28-27(18)23(17-35(28)5)21-9-10-36(29(2,3)14-21)26(39)13-25(38)30(4,31)32/h6-8,11,16-17,21,25,38H,9-10,12-14H2,1-5H3/t21-,25-/m1/s1. The van der Waals surface area contributed by atoms with E-state index in [0.29, 0.717) is 37.4 Å². The second-order valence-electron chi connectivity index (χ2n) is 11.3. The molecule has 1 N–H and O–H groups in total. The quantitative estimate of drug-likeness (QED) is 0.425. The monoisotopic (exact) mass is 536 g/mol. The van der Waals surface area contributed by atoms with Gasteiger partial charge in [0, 0.05) is 55.8 Å². The molecule has 2 aromatic heterocycles. The number of carbonyl (C=O) groups excluding carboxylic acids is 2. The third kappa shape index (κ3) is 5.71. The van der Waals surface area contributed by atoms with Gasteiger partial charge in [-0.05, 0) is 68.4 Å². The number of piperidine rings is 1. The lowest BCUT2D eigenvalue weighted by Gasteiger charge is -2.46. The van der Waals surface area contributed by atoms with E-state index in [9.17, 15) is 28.7 Å². The Kier molecular flexibility index (Phi) is 7.63. The van der Waals surface area contributed by atoms with Crippen molar-refractivity contribution in [3.05, 3.63) is 64.5 Å². The van der Waals surface area contributed by atoms with E-state index in [2.05, 4.69) is 11.1 Å². The number of pyridine rings is 1. The van der Waals surface area contributed by atoms with E-state index >= 15 is 0 Å². The van der Waals surface area contributed by atoms with Gasteiger partial charge >= 0.3 is 0 Å². The number of aliphatic hydroxyl groups excluding tert-OH is 1. The third-order valence-electron chi connectivity index (χ3n) is 7.91. The second kappa shape index (κ2) is 10.5. The SMILES string of the molecule is Cc1c(CC(=O)c2cccc(C#N)c2)cnc2c1c([C@@H]1CCN(C(=O)C[C@@H](O)C(C)(F)F)C(C)(C)C1)cn2C. The predicted molar refractivity (Wildman–Crippen MR) is 144 cm³/mol. The van der Waals surface area contributed by atoms with Gasteiger partial charge in [0.25, 0.3) is 5.92 Å². The summed E-state index contributed by atoms with van der Waals surface area (Å²) in [6.07, 6.45) is 2.54. The molecule has 0 aliphatic carbocycles. The number of halogens is 2. The Morgan fingerprint density at radius 2 is 2.05 bits per heavy atom. The van der Waals surface area contributed by atoms with E-state index < -0.39 is 29.9 Å². The molecule has 0 spiro atoms. The highest BCUT2D eigenvalue weighted by atomic mass is 19.3. The zero-order valence-electron chi connectivity index (χ0n) is 23.0. The van der Waals surface area contributed by atoms with E-state index in [1.807, 2.05) is 38.6 Å². The Bertz CT molecular complexity index is 1470. The van der Waals surface area contributed by atoms with Gasteiger partial charge < -0.3 is 14.6 Å². The van der Waals surface area contributed by atoms with Crippen LogP contribution in [0.1, 0.15) is 78.6 Å². The maximum Gasteiger partial charge on any atom is 0.271 e. The number of hydrogen-bond donors (Lipinski definition) is 1. The number of fused-ring (bicyclic) bond motifs is 1. The van der Waals surface area contributed by atoms with Crippen molar-refractivity contribution in [1.82, 2.24) is 14.5 Å². The van der Waals surface area contributed by atoms with Gasteiger partial charge in [0.05, 0.1) is 18.1 Å². The van der Waals surface area contributed by atoms with E-state index in [1.165, 1.54) is 0 Å². The number of ketones is 1. The topological polar surface area (TPSA) is 99.2 Å². The molecule has 4 rings (SSSR count). The average Bonchev–Trinajstić information content (AvgIpc) is 3.21. The molecule has 0 radical (unpaired) electrons. The summed E-state index contributed by atoms with van der Waals surface area (Å²) >= 11 is 0. The minimum atomic E-state index is -3.34. The Hall–Kier alpha value is -3.64. The van der Waals surface area contributed by atoms with Crippen molar-refractivity contribution in [2.24, 2.45) is 7.05 Å². The van der Waals surface area contributed by atoms with Crippen LogP contribution in [0.25, 0.3) is 11.0 Å². The van der Waals surface area contributed by atoms with Gasteiger partial charge in [0.15, 0.2) is 5.78 Å². The fraction of sp³-hybridized carbons (Fsp3) is 0.467. The summed E-state index contributed by atoms with van der Waals surface area (Å²) < 4.78 is 28.9. The van der Waals surface area contributed by atoms with Crippen molar-refractivity contribution in [3.63, 3.8) is 0 Å². The minimum absolute atomic E-state index is 0.0871. The van der Waals surface area contributed by atoms with Gasteiger partial charge in [0.2, 0.25) is 5.91 Å². The number of amides is 1. The highest BCUT2D eigenvalue weighted by Crippen LogP contribution is 2.42. The Morgan fingerprint density at radius 1 is 1.33 bits per heavy atom. The molecule has 1 aliphatic rings. The van der Waals surface area contributed by atoms with Gasteiger partial charge in [-0.1, -0.05) is 12.1 Å². The molecule has 2 atom stereocenters. The van der Waals surface area contributed by atoms with Crippen LogP contribution in [0.5, 0.6) is 0 Å². The summed E-state index contributed by atoms with van der Waals surface area (Å²) in [7, 11) is 1.92. The molecule has 206 valence electrons. The van der Waals surface area contributed by atoms with E-state index in [4.69, 9.17) is 0 Å². The van der Waals surface area contributed by atoms with Crippen LogP contribution in [0.15, 0.2) is 36.7 Å². The van der Waals surface area contributed by atoms with Gasteiger partial charge in [-0.25, -0.2) is 13.8 Å². The Labute approximate surface area is 227 Å². The summed E-state index contributed by atoms with van der Waals surface area (Å²) in [4.78, 5) is 32.2. The van der Waals surface area contributed by atoms with E-state index in [-0.39, 0.29) is 18.1 Å². The Balaban J connectivity index is 1.60. The molecule has 1 amide bonds. The number of hydrogen-bond acceptors (Lipinski definition) is 5. The van der Waals surface area contributed by atoms with Crippen LogP contribution in [0.3, 0.4) is 0 Å². The number of rotatable bonds is 7. The molecule has 1 fully saturated rings. The van der Waals surface area contributed by atoms with Crippen LogP contribution in [0.4, 0.5) is 8.78 Å². The number of aryl methyl sites for hydroxylation is 2. The molecule has 9 heteroatoms. The van der Waals surface area contributed by atoms with Crippen LogP contribution in [0.2, 0.25) is 0 Å². The maximum absolute atomic E-state index is 13.5. The fourth-order valence-corrected chi connectivity index (χ4v) is 5.69. The van der Waals surface area contributed by atoms with Gasteiger partial charge in [-0.15, -0.1) is 0 Å². The van der Waals surface area contributed by atoms with Crippen molar-refractivity contribution in [3.8, 4) is 6.07 Å². The van der Waals surface area contributed by atoms with Crippen LogP contribution >= 0.6 is 0 Å². The number of benzene rings is 1. The summed E-state index contributed by atoms with van der Waals surface area (Å²) in [6.45, 7) is 6.82. The third-order valence-corrected chi connectivity index (χ3v) is 7.91. The van der Waals surface area contributed by atoms with Crippen LogP contribution in [-0.4, -0.2) is 55.4 Å². The van der Waals surface area contributed by atoms with Crippen molar-refractivity contribution in [2.75, 3.05) is 6.54 Å². The number of Topliss-reactive ketones (excluding diaryl/α,β-unsaturated/α-hetero) is 1. The number of nitrogens with zero attached hydrogens (tertiary/aromatic N) is 4. The van der Waals surface area contributed by atoms with Gasteiger partial charge in [-0.3, -0.25) is 9.59 Å². The van der Waals surface area contributed by atoms with Crippen LogP contribution in [0, 0.1) is 18.3 Å². The summed E-state index contributed by atoms with van der Waals surface area (Å²) in [5.74, 6) is -3.83. The zero-order chi connectivity index (χ0) is 28.7. The first-order chi connectivity index (χ1) is 18.2. The molecule has 3 heterocycles. The van der Waals surface area contributed by atoms with Crippen molar-refractivity contribution < 1.29 is 23.5 Å². The molecule has 3 aromatic rings. The van der Waals surface area contributed by atoms with E-state index in [1.54, 1.807) is 35.4 Å².